The maximum Gasteiger partial charge on any atom is 0.410 e. The first-order chi connectivity index (χ1) is 21.7. The van der Waals surface area contributed by atoms with Gasteiger partial charge in [-0.1, -0.05) is 66.7 Å². The first kappa shape index (κ1) is 31.8. The number of amides is 1. The Labute approximate surface area is 264 Å². The first-order valence-electron chi connectivity index (χ1n) is 15.1. The molecular weight excluding hydrogens is 573 g/mol. The fourth-order valence-corrected chi connectivity index (χ4v) is 5.23. The van der Waals surface area contributed by atoms with Gasteiger partial charge in [-0.3, -0.25) is 0 Å². The molecule has 1 aliphatic heterocycles. The summed E-state index contributed by atoms with van der Waals surface area (Å²) in [4.78, 5) is 18.9. The Bertz CT molecular complexity index is 1560. The Balaban J connectivity index is 1.30. The van der Waals surface area contributed by atoms with Gasteiger partial charge in [-0.05, 0) is 62.1 Å². The Kier molecular flexibility index (Phi) is 10.2. The van der Waals surface area contributed by atoms with E-state index in [2.05, 4.69) is 10.3 Å². The van der Waals surface area contributed by atoms with Crippen LogP contribution in [0.25, 0.3) is 0 Å². The van der Waals surface area contributed by atoms with E-state index in [1.54, 1.807) is 24.1 Å². The van der Waals surface area contributed by atoms with Crippen molar-refractivity contribution in [3.05, 3.63) is 114 Å². The number of methoxy groups -OCH3 is 1. The number of carbonyl (C=O) groups is 1. The highest BCUT2D eigenvalue weighted by Gasteiger charge is 2.35. The number of nitrogens with zero attached hydrogens (tertiary/aromatic N) is 2. The zero-order valence-corrected chi connectivity index (χ0v) is 26.2. The van der Waals surface area contributed by atoms with E-state index in [4.69, 9.17) is 18.9 Å². The molecule has 1 aliphatic rings. The van der Waals surface area contributed by atoms with Crippen LogP contribution in [0.1, 0.15) is 49.8 Å². The van der Waals surface area contributed by atoms with E-state index in [0.29, 0.717) is 61.4 Å². The number of aromatic nitrogens is 1. The van der Waals surface area contributed by atoms with Gasteiger partial charge in [0.1, 0.15) is 30.3 Å². The van der Waals surface area contributed by atoms with Gasteiger partial charge >= 0.3 is 6.09 Å². The molecule has 0 unspecified atom stereocenters. The molecule has 0 radical (unpaired) electrons. The van der Waals surface area contributed by atoms with Crippen LogP contribution >= 0.6 is 0 Å². The number of nitrogens with one attached hydrogen (secondary N) is 1. The highest BCUT2D eigenvalue weighted by molar-refractivity contribution is 5.68. The average molecular weight is 614 g/mol. The molecule has 236 valence electrons. The summed E-state index contributed by atoms with van der Waals surface area (Å²) in [7, 11) is 1.58. The molecule has 3 aromatic carbocycles. The third kappa shape index (κ3) is 8.73. The van der Waals surface area contributed by atoms with Crippen molar-refractivity contribution < 1.29 is 28.1 Å². The summed E-state index contributed by atoms with van der Waals surface area (Å²) in [5, 5.41) is 3.27. The molecule has 1 amide bonds. The van der Waals surface area contributed by atoms with Crippen LogP contribution in [0.4, 0.5) is 20.6 Å². The molecule has 1 N–H and O–H groups in total. The van der Waals surface area contributed by atoms with Gasteiger partial charge in [0.2, 0.25) is 11.8 Å². The molecule has 0 spiro atoms. The number of carbonyl (C=O) groups excluding carboxylic acids is 1. The van der Waals surface area contributed by atoms with Crippen LogP contribution in [-0.2, 0) is 22.7 Å². The number of hydrogen-bond acceptors (Lipinski definition) is 7. The molecule has 2 heterocycles. The maximum absolute atomic E-state index is 15.7. The van der Waals surface area contributed by atoms with Crippen molar-refractivity contribution in [1.29, 1.82) is 0 Å². The van der Waals surface area contributed by atoms with E-state index in [-0.39, 0.29) is 17.8 Å². The number of benzene rings is 3. The van der Waals surface area contributed by atoms with E-state index in [0.717, 1.165) is 11.1 Å². The number of halogens is 1. The van der Waals surface area contributed by atoms with E-state index in [1.165, 1.54) is 6.07 Å². The average Bonchev–Trinajstić information content (AvgIpc) is 3.03. The Morgan fingerprint density at radius 1 is 0.933 bits per heavy atom. The number of piperidine rings is 1. The summed E-state index contributed by atoms with van der Waals surface area (Å²) < 4.78 is 39.0. The van der Waals surface area contributed by atoms with Crippen molar-refractivity contribution in [1.82, 2.24) is 9.88 Å². The summed E-state index contributed by atoms with van der Waals surface area (Å²) in [5.41, 5.74) is 3.07. The quantitative estimate of drug-likeness (QED) is 0.195. The number of likely N-dealkylation sites (tertiary alicyclic amines) is 1. The highest BCUT2D eigenvalue weighted by Crippen LogP contribution is 2.35. The number of anilines is 2. The zero-order valence-electron chi connectivity index (χ0n) is 26.2. The minimum atomic E-state index is -0.594. The van der Waals surface area contributed by atoms with Crippen molar-refractivity contribution in [2.75, 3.05) is 25.5 Å². The van der Waals surface area contributed by atoms with Gasteiger partial charge in [-0.25, -0.2) is 9.18 Å². The topological polar surface area (TPSA) is 82.2 Å². The van der Waals surface area contributed by atoms with E-state index in [1.807, 2.05) is 93.6 Å². The van der Waals surface area contributed by atoms with Crippen LogP contribution in [0.3, 0.4) is 0 Å². The molecule has 9 heteroatoms. The lowest BCUT2D eigenvalue weighted by molar-refractivity contribution is -0.0143. The van der Waals surface area contributed by atoms with Crippen LogP contribution in [0.5, 0.6) is 11.8 Å². The number of ether oxygens (including phenoxy) is 4. The lowest BCUT2D eigenvalue weighted by Crippen LogP contribution is -2.48. The molecule has 45 heavy (non-hydrogen) atoms. The normalized spacial score (nSPS) is 16.6. The molecule has 5 rings (SSSR count). The molecular formula is C36H40FN3O5. The molecule has 0 bridgehead atoms. The SMILES string of the molecule is CO[C@@H]1CN(C(=O)OC(C)(C)C)CC[C@H]1c1ccc(Nc2ccc(OCc3ccccc3)nc2OCc2ccccc2)cc1F. The predicted molar refractivity (Wildman–Crippen MR) is 171 cm³/mol. The molecule has 1 aromatic heterocycles. The van der Waals surface area contributed by atoms with Crippen molar-refractivity contribution in [2.45, 2.75) is 58.0 Å². The van der Waals surface area contributed by atoms with Gasteiger partial charge in [-0.15, -0.1) is 0 Å². The monoisotopic (exact) mass is 613 g/mol. The van der Waals surface area contributed by atoms with Crippen LogP contribution in [0.15, 0.2) is 91.0 Å². The second-order valence-electron chi connectivity index (χ2n) is 12.0. The Morgan fingerprint density at radius 3 is 2.22 bits per heavy atom. The minimum absolute atomic E-state index is 0.213. The third-order valence-electron chi connectivity index (χ3n) is 7.48. The first-order valence-corrected chi connectivity index (χ1v) is 15.1. The molecule has 4 aromatic rings. The second kappa shape index (κ2) is 14.4. The Morgan fingerprint density at radius 2 is 1.60 bits per heavy atom. The van der Waals surface area contributed by atoms with Gasteiger partial charge < -0.3 is 29.2 Å². The predicted octanol–water partition coefficient (Wildman–Crippen LogP) is 7.86. The van der Waals surface area contributed by atoms with Gasteiger partial charge in [0.25, 0.3) is 0 Å². The van der Waals surface area contributed by atoms with Gasteiger partial charge in [0.05, 0.1) is 12.6 Å². The van der Waals surface area contributed by atoms with Crippen LogP contribution in [0, 0.1) is 5.82 Å². The van der Waals surface area contributed by atoms with Crippen molar-refractivity contribution in [3.63, 3.8) is 0 Å². The largest absolute Gasteiger partial charge is 0.473 e. The van der Waals surface area contributed by atoms with Crippen molar-refractivity contribution in [3.8, 4) is 11.8 Å². The molecule has 0 saturated carbocycles. The summed E-state index contributed by atoms with van der Waals surface area (Å²) in [6, 6.07) is 28.3. The smallest absolute Gasteiger partial charge is 0.410 e. The molecule has 1 saturated heterocycles. The lowest BCUT2D eigenvalue weighted by atomic mass is 9.86. The maximum atomic E-state index is 15.7. The third-order valence-corrected chi connectivity index (χ3v) is 7.48. The minimum Gasteiger partial charge on any atom is -0.473 e. The number of pyridine rings is 1. The molecule has 2 atom stereocenters. The molecule has 1 fully saturated rings. The lowest BCUT2D eigenvalue weighted by Gasteiger charge is -2.38. The van der Waals surface area contributed by atoms with Crippen LogP contribution in [-0.4, -0.2) is 47.9 Å². The van der Waals surface area contributed by atoms with Gasteiger partial charge in [0, 0.05) is 31.3 Å². The van der Waals surface area contributed by atoms with Gasteiger partial charge in [0.15, 0.2) is 0 Å². The summed E-state index contributed by atoms with van der Waals surface area (Å²) in [6.45, 7) is 6.94. The van der Waals surface area contributed by atoms with Crippen LogP contribution in [0.2, 0.25) is 0 Å². The van der Waals surface area contributed by atoms with Crippen molar-refractivity contribution in [2.24, 2.45) is 0 Å². The fraction of sp³-hybridized carbons (Fsp3) is 0.333. The molecule has 0 aliphatic carbocycles. The van der Waals surface area contributed by atoms with Crippen molar-refractivity contribution >= 4 is 17.5 Å². The van der Waals surface area contributed by atoms with E-state index >= 15 is 4.39 Å². The van der Waals surface area contributed by atoms with Crippen LogP contribution < -0.4 is 14.8 Å². The summed E-state index contributed by atoms with van der Waals surface area (Å²) in [5.74, 6) is 0.177. The molecule has 8 nitrogen and oxygen atoms in total. The second-order valence-corrected chi connectivity index (χ2v) is 12.0. The highest BCUT2D eigenvalue weighted by atomic mass is 19.1. The zero-order chi connectivity index (χ0) is 31.8. The van der Waals surface area contributed by atoms with E-state index in [9.17, 15) is 4.79 Å². The summed E-state index contributed by atoms with van der Waals surface area (Å²) in [6.07, 6.45) is -0.212. The standard InChI is InChI=1S/C36H40FN3O5/c1-36(2,3)45-35(41)40-20-19-29(32(22-40)42-4)28-16-15-27(21-30(28)37)38-31-17-18-33(43-23-25-11-7-5-8-12-25)39-34(31)44-24-26-13-9-6-10-14-26/h5-18,21,29,32,38H,19-20,22-24H2,1-4H3/t29-,32+/m0/s1. The van der Waals surface area contributed by atoms with Gasteiger partial charge in [-0.2, -0.15) is 4.98 Å². The summed E-state index contributed by atoms with van der Waals surface area (Å²) >= 11 is 0. The van der Waals surface area contributed by atoms with E-state index < -0.39 is 11.7 Å². The number of rotatable bonds is 10. The number of hydrogen-bond donors (Lipinski definition) is 1. The Hall–Kier alpha value is -4.63. The fourth-order valence-electron chi connectivity index (χ4n) is 5.23.